The van der Waals surface area contributed by atoms with E-state index in [2.05, 4.69) is 10.0 Å². The van der Waals surface area contributed by atoms with Crippen LogP contribution in [0.25, 0.3) is 10.4 Å². The summed E-state index contributed by atoms with van der Waals surface area (Å²) in [5, 5.41) is 12.3. The molecule has 1 N–H and O–H groups in total. The van der Waals surface area contributed by atoms with E-state index in [4.69, 9.17) is 15.4 Å². The summed E-state index contributed by atoms with van der Waals surface area (Å²) in [6.07, 6.45) is -1.82. The number of amides is 1. The van der Waals surface area contributed by atoms with Gasteiger partial charge < -0.3 is 9.84 Å². The molecule has 1 heterocycles. The number of nitrogens with zero attached hydrogens (tertiary/aromatic N) is 4. The van der Waals surface area contributed by atoms with Gasteiger partial charge in [-0.2, -0.15) is 0 Å². The van der Waals surface area contributed by atoms with Crippen LogP contribution in [0.4, 0.5) is 9.18 Å². The van der Waals surface area contributed by atoms with Crippen molar-refractivity contribution in [3.8, 4) is 0 Å². The van der Waals surface area contributed by atoms with Gasteiger partial charge in [0.25, 0.3) is 0 Å². The number of esters is 1. The first-order valence-electron chi connectivity index (χ1n) is 6.85. The van der Waals surface area contributed by atoms with E-state index in [0.29, 0.717) is 4.90 Å². The van der Waals surface area contributed by atoms with Gasteiger partial charge in [-0.25, -0.2) is 14.0 Å². The Bertz CT molecular complexity index is 635. The number of hydrogen-bond acceptors (Lipinski definition) is 4. The van der Waals surface area contributed by atoms with Crippen molar-refractivity contribution >= 4 is 12.1 Å². The number of rotatable bonds is 5. The standard InChI is InChI=1S/C14H15FN4O4/c15-14(8-17-18-16)6-11(19(9-14)13(21)22)12(20)23-7-10-4-2-1-3-5-10/h1-5,11H,6-9H2,(H,21,22)/t11-,14-/m0/s1. The summed E-state index contributed by atoms with van der Waals surface area (Å²) in [7, 11) is 0. The Labute approximate surface area is 131 Å². The fourth-order valence-electron chi connectivity index (χ4n) is 2.45. The molecule has 8 nitrogen and oxygen atoms in total. The average Bonchev–Trinajstić information content (AvgIpc) is 2.90. The Balaban J connectivity index is 2.04. The van der Waals surface area contributed by atoms with Crippen molar-refractivity contribution in [2.24, 2.45) is 5.11 Å². The number of likely N-dealkylation sites (tertiary alicyclic amines) is 1. The molecule has 1 aliphatic heterocycles. The second-order valence-electron chi connectivity index (χ2n) is 5.26. The van der Waals surface area contributed by atoms with Crippen molar-refractivity contribution in [2.45, 2.75) is 24.7 Å². The van der Waals surface area contributed by atoms with Gasteiger partial charge in [-0.15, -0.1) is 0 Å². The third-order valence-electron chi connectivity index (χ3n) is 3.55. The van der Waals surface area contributed by atoms with Crippen LogP contribution in [0.2, 0.25) is 0 Å². The summed E-state index contributed by atoms with van der Waals surface area (Å²) in [6.45, 7) is -1.10. The highest BCUT2D eigenvalue weighted by molar-refractivity contribution is 5.82. The number of carboxylic acid groups (broad SMARTS) is 1. The molecule has 2 atom stereocenters. The normalized spacial score (nSPS) is 23.2. The minimum Gasteiger partial charge on any atom is -0.465 e. The summed E-state index contributed by atoms with van der Waals surface area (Å²) in [5.41, 5.74) is 6.94. The second-order valence-corrected chi connectivity index (χ2v) is 5.26. The van der Waals surface area contributed by atoms with Crippen molar-refractivity contribution in [1.82, 2.24) is 4.90 Å². The molecule has 9 heteroatoms. The van der Waals surface area contributed by atoms with E-state index >= 15 is 0 Å². The average molecular weight is 322 g/mol. The lowest BCUT2D eigenvalue weighted by Gasteiger charge is -2.19. The molecule has 2 rings (SSSR count). The third kappa shape index (κ3) is 4.10. The lowest BCUT2D eigenvalue weighted by atomic mass is 10.0. The molecule has 0 bridgehead atoms. The summed E-state index contributed by atoms with van der Waals surface area (Å²) >= 11 is 0. The van der Waals surface area contributed by atoms with Crippen LogP contribution in [0.1, 0.15) is 12.0 Å². The van der Waals surface area contributed by atoms with Crippen molar-refractivity contribution in [3.05, 3.63) is 46.3 Å². The van der Waals surface area contributed by atoms with Crippen LogP contribution < -0.4 is 0 Å². The highest BCUT2D eigenvalue weighted by atomic mass is 19.1. The Hall–Kier alpha value is -2.80. The maximum absolute atomic E-state index is 14.5. The molecule has 23 heavy (non-hydrogen) atoms. The van der Waals surface area contributed by atoms with Crippen LogP contribution >= 0.6 is 0 Å². The molecular weight excluding hydrogens is 307 g/mol. The van der Waals surface area contributed by atoms with Crippen molar-refractivity contribution in [3.63, 3.8) is 0 Å². The Morgan fingerprint density at radius 1 is 1.48 bits per heavy atom. The van der Waals surface area contributed by atoms with Gasteiger partial charge in [-0.1, -0.05) is 35.4 Å². The molecule has 1 amide bonds. The zero-order chi connectivity index (χ0) is 16.9. The summed E-state index contributed by atoms with van der Waals surface area (Å²) in [6, 6.07) is 7.59. The molecule has 122 valence electrons. The molecule has 0 spiro atoms. The number of alkyl halides is 1. The van der Waals surface area contributed by atoms with Crippen molar-refractivity contribution in [1.29, 1.82) is 0 Å². The number of carbonyl (C=O) groups excluding carboxylic acids is 1. The van der Waals surface area contributed by atoms with Crippen LogP contribution in [0.5, 0.6) is 0 Å². The molecule has 0 unspecified atom stereocenters. The maximum atomic E-state index is 14.5. The number of ether oxygens (including phenoxy) is 1. The topological polar surface area (TPSA) is 116 Å². The summed E-state index contributed by atoms with van der Waals surface area (Å²) in [5.74, 6) is -0.822. The minimum atomic E-state index is -2.07. The van der Waals surface area contributed by atoms with Gasteiger partial charge in [0.15, 0.2) is 0 Å². The first-order valence-corrected chi connectivity index (χ1v) is 6.85. The molecule has 1 aromatic rings. The summed E-state index contributed by atoms with van der Waals surface area (Å²) < 4.78 is 19.6. The van der Waals surface area contributed by atoms with Crippen molar-refractivity contribution < 1.29 is 23.8 Å². The van der Waals surface area contributed by atoms with Gasteiger partial charge in [-0.3, -0.25) is 4.90 Å². The molecule has 1 aromatic carbocycles. The molecule has 0 aliphatic carbocycles. The Morgan fingerprint density at radius 2 is 2.17 bits per heavy atom. The smallest absolute Gasteiger partial charge is 0.408 e. The SMILES string of the molecule is [N-]=[N+]=NC[C@@]1(F)C[C@@H](C(=O)OCc2ccccc2)N(C(=O)O)C1. The quantitative estimate of drug-likeness (QED) is 0.388. The van der Waals surface area contributed by atoms with Crippen molar-refractivity contribution in [2.75, 3.05) is 13.1 Å². The number of hydrogen-bond donors (Lipinski definition) is 1. The first kappa shape index (κ1) is 16.6. The van der Waals surface area contributed by atoms with E-state index in [0.717, 1.165) is 5.56 Å². The predicted octanol–water partition coefficient (Wildman–Crippen LogP) is 2.50. The zero-order valence-corrected chi connectivity index (χ0v) is 12.1. The Morgan fingerprint density at radius 3 is 2.78 bits per heavy atom. The Kier molecular flexibility index (Phi) is 5.02. The van der Waals surface area contributed by atoms with Crippen LogP contribution in [-0.4, -0.2) is 46.9 Å². The van der Waals surface area contributed by atoms with Crippen LogP contribution in [0, 0.1) is 0 Å². The van der Waals surface area contributed by atoms with E-state index in [-0.39, 0.29) is 6.61 Å². The lowest BCUT2D eigenvalue weighted by molar-refractivity contribution is -0.149. The third-order valence-corrected chi connectivity index (χ3v) is 3.55. The van der Waals surface area contributed by atoms with E-state index in [9.17, 15) is 14.0 Å². The molecule has 1 fully saturated rings. The number of azide groups is 1. The van der Waals surface area contributed by atoms with Crippen LogP contribution in [0.15, 0.2) is 35.4 Å². The van der Waals surface area contributed by atoms with E-state index in [1.807, 2.05) is 6.07 Å². The van der Waals surface area contributed by atoms with Crippen LogP contribution in [-0.2, 0) is 16.1 Å². The maximum Gasteiger partial charge on any atom is 0.408 e. The number of benzene rings is 1. The van der Waals surface area contributed by atoms with Gasteiger partial charge in [0, 0.05) is 11.3 Å². The second kappa shape index (κ2) is 6.97. The fraction of sp³-hybridized carbons (Fsp3) is 0.429. The first-order chi connectivity index (χ1) is 10.9. The largest absolute Gasteiger partial charge is 0.465 e. The monoisotopic (exact) mass is 322 g/mol. The molecule has 0 aromatic heterocycles. The molecular formula is C14H15FN4O4. The number of carbonyl (C=O) groups is 2. The molecule has 1 saturated heterocycles. The highest BCUT2D eigenvalue weighted by Crippen LogP contribution is 2.32. The van der Waals surface area contributed by atoms with Gasteiger partial charge in [0.05, 0.1) is 13.1 Å². The summed E-state index contributed by atoms with van der Waals surface area (Å²) in [4.78, 5) is 26.4. The number of halogens is 1. The lowest BCUT2D eigenvalue weighted by Crippen LogP contribution is -2.41. The van der Waals surface area contributed by atoms with Gasteiger partial charge >= 0.3 is 12.1 Å². The van der Waals surface area contributed by atoms with Gasteiger partial charge in [0.1, 0.15) is 18.3 Å². The van der Waals surface area contributed by atoms with E-state index < -0.39 is 43.3 Å². The zero-order valence-electron chi connectivity index (χ0n) is 12.1. The fourth-order valence-corrected chi connectivity index (χ4v) is 2.45. The van der Waals surface area contributed by atoms with Gasteiger partial charge in [0.2, 0.25) is 0 Å². The predicted molar refractivity (Wildman–Crippen MR) is 77.2 cm³/mol. The highest BCUT2D eigenvalue weighted by Gasteiger charge is 2.50. The van der Waals surface area contributed by atoms with E-state index in [1.165, 1.54) is 0 Å². The van der Waals surface area contributed by atoms with Gasteiger partial charge in [-0.05, 0) is 11.1 Å². The molecule has 1 aliphatic rings. The minimum absolute atomic E-state index is 0.0285. The van der Waals surface area contributed by atoms with Crippen LogP contribution in [0.3, 0.4) is 0 Å². The van der Waals surface area contributed by atoms with E-state index in [1.54, 1.807) is 24.3 Å². The molecule has 0 radical (unpaired) electrons. The molecule has 0 saturated carbocycles.